The standard InChI is InChI=1S/C17H23BrN2O/c18-15-8-2-1-7-14(15)17(21)19-12-13-6-5-11-20-10-4-3-9-16(13)20/h1-2,7-8,13,16H,3-6,9-12H2,(H,19,21)/t13-,16+/m1/s1. The largest absolute Gasteiger partial charge is 0.352 e. The van der Waals surface area contributed by atoms with E-state index < -0.39 is 0 Å². The highest BCUT2D eigenvalue weighted by Crippen LogP contribution is 2.30. The second-order valence-electron chi connectivity index (χ2n) is 6.19. The van der Waals surface area contributed by atoms with Gasteiger partial charge in [-0.15, -0.1) is 0 Å². The molecule has 2 aliphatic rings. The van der Waals surface area contributed by atoms with Crippen LogP contribution < -0.4 is 5.32 Å². The monoisotopic (exact) mass is 350 g/mol. The van der Waals surface area contributed by atoms with E-state index in [1.54, 1.807) is 0 Å². The minimum atomic E-state index is 0.0374. The number of fused-ring (bicyclic) bond motifs is 1. The third kappa shape index (κ3) is 3.49. The zero-order valence-corrected chi connectivity index (χ0v) is 13.9. The number of nitrogens with one attached hydrogen (secondary N) is 1. The highest BCUT2D eigenvalue weighted by molar-refractivity contribution is 9.10. The van der Waals surface area contributed by atoms with Gasteiger partial charge in [-0.1, -0.05) is 18.6 Å². The molecule has 3 nitrogen and oxygen atoms in total. The number of nitrogens with zero attached hydrogens (tertiary/aromatic N) is 1. The third-order valence-corrected chi connectivity index (χ3v) is 5.56. The molecule has 4 heteroatoms. The van der Waals surface area contributed by atoms with E-state index in [4.69, 9.17) is 0 Å². The van der Waals surface area contributed by atoms with E-state index in [0.29, 0.717) is 12.0 Å². The Bertz CT molecular complexity index is 503. The van der Waals surface area contributed by atoms with Crippen LogP contribution in [0.4, 0.5) is 0 Å². The summed E-state index contributed by atoms with van der Waals surface area (Å²) in [6, 6.07) is 8.31. The molecule has 1 aromatic rings. The Morgan fingerprint density at radius 3 is 2.86 bits per heavy atom. The molecule has 2 saturated heterocycles. The lowest BCUT2D eigenvalue weighted by atomic mass is 9.83. The molecule has 1 aromatic carbocycles. The number of carbonyl (C=O) groups is 1. The first-order chi connectivity index (χ1) is 10.3. The number of carbonyl (C=O) groups excluding carboxylic acids is 1. The van der Waals surface area contributed by atoms with Crippen molar-refractivity contribution in [3.8, 4) is 0 Å². The summed E-state index contributed by atoms with van der Waals surface area (Å²) in [5.41, 5.74) is 0.730. The van der Waals surface area contributed by atoms with Crippen molar-refractivity contribution in [1.82, 2.24) is 10.2 Å². The van der Waals surface area contributed by atoms with Crippen molar-refractivity contribution in [2.75, 3.05) is 19.6 Å². The van der Waals surface area contributed by atoms with E-state index in [0.717, 1.165) is 16.6 Å². The smallest absolute Gasteiger partial charge is 0.252 e. The van der Waals surface area contributed by atoms with Crippen molar-refractivity contribution in [2.24, 2.45) is 5.92 Å². The molecular weight excluding hydrogens is 328 g/mol. The molecule has 2 aliphatic heterocycles. The lowest BCUT2D eigenvalue weighted by Gasteiger charge is -2.44. The van der Waals surface area contributed by atoms with Gasteiger partial charge in [-0.3, -0.25) is 4.79 Å². The Labute approximate surface area is 135 Å². The Morgan fingerprint density at radius 2 is 2.00 bits per heavy atom. The summed E-state index contributed by atoms with van der Waals surface area (Å²) in [4.78, 5) is 15.0. The van der Waals surface area contributed by atoms with Gasteiger partial charge in [0.2, 0.25) is 0 Å². The summed E-state index contributed by atoms with van der Waals surface area (Å²) >= 11 is 3.45. The minimum Gasteiger partial charge on any atom is -0.352 e. The minimum absolute atomic E-state index is 0.0374. The molecular formula is C17H23BrN2O. The van der Waals surface area contributed by atoms with E-state index in [-0.39, 0.29) is 5.91 Å². The van der Waals surface area contributed by atoms with Gasteiger partial charge >= 0.3 is 0 Å². The third-order valence-electron chi connectivity index (χ3n) is 4.87. The van der Waals surface area contributed by atoms with Crippen LogP contribution in [0.2, 0.25) is 0 Å². The normalized spacial score (nSPS) is 26.1. The van der Waals surface area contributed by atoms with Crippen LogP contribution in [0.5, 0.6) is 0 Å². The van der Waals surface area contributed by atoms with Crippen LogP contribution in [0.3, 0.4) is 0 Å². The molecule has 0 aliphatic carbocycles. The molecule has 0 aromatic heterocycles. The first-order valence-electron chi connectivity index (χ1n) is 8.02. The second-order valence-corrected chi connectivity index (χ2v) is 7.05. The Hall–Kier alpha value is -0.870. The molecule has 114 valence electrons. The maximum atomic E-state index is 12.3. The van der Waals surface area contributed by atoms with Crippen LogP contribution in [0, 0.1) is 5.92 Å². The van der Waals surface area contributed by atoms with E-state index in [1.807, 2.05) is 24.3 Å². The molecule has 0 saturated carbocycles. The molecule has 1 N–H and O–H groups in total. The lowest BCUT2D eigenvalue weighted by Crippen LogP contribution is -2.51. The average molecular weight is 351 g/mol. The second kappa shape index (κ2) is 6.93. The maximum Gasteiger partial charge on any atom is 0.252 e. The van der Waals surface area contributed by atoms with Gasteiger partial charge in [-0.2, -0.15) is 0 Å². The van der Waals surface area contributed by atoms with Gasteiger partial charge in [-0.05, 0) is 72.8 Å². The van der Waals surface area contributed by atoms with E-state index in [2.05, 4.69) is 26.1 Å². The van der Waals surface area contributed by atoms with Gasteiger partial charge in [-0.25, -0.2) is 0 Å². The Morgan fingerprint density at radius 1 is 1.19 bits per heavy atom. The van der Waals surface area contributed by atoms with Gasteiger partial charge in [0, 0.05) is 17.1 Å². The van der Waals surface area contributed by atoms with Crippen molar-refractivity contribution in [3.05, 3.63) is 34.3 Å². The fourth-order valence-electron chi connectivity index (χ4n) is 3.78. The quantitative estimate of drug-likeness (QED) is 0.905. The summed E-state index contributed by atoms with van der Waals surface area (Å²) in [7, 11) is 0. The summed E-state index contributed by atoms with van der Waals surface area (Å²) < 4.78 is 0.866. The van der Waals surface area contributed by atoms with Crippen LogP contribution >= 0.6 is 15.9 Å². The number of amides is 1. The van der Waals surface area contributed by atoms with Crippen LogP contribution in [0.1, 0.15) is 42.5 Å². The fourth-order valence-corrected chi connectivity index (χ4v) is 4.24. The van der Waals surface area contributed by atoms with Crippen LogP contribution in [-0.4, -0.2) is 36.5 Å². The molecule has 1 amide bonds. The Kier molecular flexibility index (Phi) is 4.96. The number of halogens is 1. The predicted octanol–water partition coefficient (Wildman–Crippen LogP) is 3.44. The number of piperidine rings is 2. The van der Waals surface area contributed by atoms with Crippen molar-refractivity contribution in [1.29, 1.82) is 0 Å². The van der Waals surface area contributed by atoms with Crippen LogP contribution in [0.25, 0.3) is 0 Å². The summed E-state index contributed by atoms with van der Waals surface area (Å²) in [6.45, 7) is 3.31. The predicted molar refractivity (Wildman–Crippen MR) is 88.4 cm³/mol. The zero-order chi connectivity index (χ0) is 14.7. The van der Waals surface area contributed by atoms with Gasteiger partial charge in [0.15, 0.2) is 0 Å². The van der Waals surface area contributed by atoms with E-state index in [9.17, 15) is 4.79 Å². The van der Waals surface area contributed by atoms with Gasteiger partial charge < -0.3 is 10.2 Å². The number of hydrogen-bond donors (Lipinski definition) is 1. The average Bonchev–Trinajstić information content (AvgIpc) is 2.53. The molecule has 2 atom stereocenters. The topological polar surface area (TPSA) is 32.3 Å². The van der Waals surface area contributed by atoms with Gasteiger partial charge in [0.05, 0.1) is 5.56 Å². The van der Waals surface area contributed by atoms with Crippen molar-refractivity contribution in [3.63, 3.8) is 0 Å². The fraction of sp³-hybridized carbons (Fsp3) is 0.588. The molecule has 2 fully saturated rings. The number of hydrogen-bond acceptors (Lipinski definition) is 2. The van der Waals surface area contributed by atoms with Crippen LogP contribution in [0.15, 0.2) is 28.7 Å². The molecule has 0 unspecified atom stereocenters. The van der Waals surface area contributed by atoms with Crippen molar-refractivity contribution >= 4 is 21.8 Å². The first-order valence-corrected chi connectivity index (χ1v) is 8.82. The van der Waals surface area contributed by atoms with Crippen molar-refractivity contribution in [2.45, 2.75) is 38.1 Å². The molecule has 0 bridgehead atoms. The molecule has 2 heterocycles. The highest BCUT2D eigenvalue weighted by atomic mass is 79.9. The summed E-state index contributed by atoms with van der Waals surface area (Å²) in [6.07, 6.45) is 6.50. The molecule has 0 radical (unpaired) electrons. The highest BCUT2D eigenvalue weighted by Gasteiger charge is 2.32. The van der Waals surface area contributed by atoms with E-state index >= 15 is 0 Å². The maximum absolute atomic E-state index is 12.3. The number of rotatable bonds is 3. The molecule has 0 spiro atoms. The molecule has 21 heavy (non-hydrogen) atoms. The van der Waals surface area contributed by atoms with Gasteiger partial charge in [0.25, 0.3) is 5.91 Å². The van der Waals surface area contributed by atoms with Crippen molar-refractivity contribution < 1.29 is 4.79 Å². The summed E-state index contributed by atoms with van der Waals surface area (Å²) in [5, 5.41) is 3.15. The summed E-state index contributed by atoms with van der Waals surface area (Å²) in [5.74, 6) is 0.654. The number of benzene rings is 1. The zero-order valence-electron chi connectivity index (χ0n) is 12.4. The Balaban J connectivity index is 1.59. The lowest BCUT2D eigenvalue weighted by molar-refractivity contribution is 0.0575. The molecule has 3 rings (SSSR count). The van der Waals surface area contributed by atoms with E-state index in [1.165, 1.54) is 45.2 Å². The first kappa shape index (κ1) is 15.0. The van der Waals surface area contributed by atoms with Crippen LogP contribution in [-0.2, 0) is 0 Å². The van der Waals surface area contributed by atoms with Gasteiger partial charge in [0.1, 0.15) is 0 Å². The SMILES string of the molecule is O=C(NC[C@H]1CCCN2CCCC[C@@H]12)c1ccccc1Br.